The molecular weight excluding hydrogens is 344 g/mol. The standard InChI is InChI=1S/C20H28N4O3/c1-3-24-15-16(14-22-24)13-21-19(25)23-10-8-20(26,9-11-23)12-17-6-4-5-7-18(17)27-2/h4-7,14-15,26H,3,8-13H2,1-2H3,(H,21,25). The largest absolute Gasteiger partial charge is 0.496 e. The van der Waals surface area contributed by atoms with Crippen LogP contribution >= 0.6 is 0 Å². The SMILES string of the molecule is CCn1cc(CNC(=O)N2CCC(O)(Cc3ccccc3OC)CC2)cn1. The molecule has 0 bridgehead atoms. The Kier molecular flexibility index (Phi) is 6.01. The summed E-state index contributed by atoms with van der Waals surface area (Å²) in [5.74, 6) is 0.790. The van der Waals surface area contributed by atoms with E-state index in [1.165, 1.54) is 0 Å². The number of hydrogen-bond acceptors (Lipinski definition) is 4. The van der Waals surface area contributed by atoms with Gasteiger partial charge in [0.25, 0.3) is 0 Å². The second-order valence-electron chi connectivity index (χ2n) is 7.06. The van der Waals surface area contributed by atoms with Crippen LogP contribution in [0.4, 0.5) is 4.79 Å². The van der Waals surface area contributed by atoms with Gasteiger partial charge in [-0.3, -0.25) is 4.68 Å². The highest BCUT2D eigenvalue weighted by molar-refractivity contribution is 5.74. The smallest absolute Gasteiger partial charge is 0.317 e. The number of aryl methyl sites for hydroxylation is 1. The zero-order chi connectivity index (χ0) is 19.3. The minimum atomic E-state index is -0.812. The molecule has 146 valence electrons. The number of rotatable bonds is 6. The van der Waals surface area contributed by atoms with Crippen molar-refractivity contribution in [2.75, 3.05) is 20.2 Å². The molecule has 2 heterocycles. The van der Waals surface area contributed by atoms with Gasteiger partial charge in [0.05, 0.1) is 18.9 Å². The summed E-state index contributed by atoms with van der Waals surface area (Å²) in [5, 5.41) is 18.1. The third-order valence-electron chi connectivity index (χ3n) is 5.15. The lowest BCUT2D eigenvalue weighted by atomic mass is 9.85. The highest BCUT2D eigenvalue weighted by atomic mass is 16.5. The molecule has 1 fully saturated rings. The van der Waals surface area contributed by atoms with Crippen molar-refractivity contribution in [1.29, 1.82) is 0 Å². The van der Waals surface area contributed by atoms with Crippen LogP contribution in [-0.2, 0) is 19.5 Å². The third-order valence-corrected chi connectivity index (χ3v) is 5.15. The molecule has 1 aliphatic rings. The molecule has 0 atom stereocenters. The average molecular weight is 372 g/mol. The number of amides is 2. The summed E-state index contributed by atoms with van der Waals surface area (Å²) < 4.78 is 7.22. The number of para-hydroxylation sites is 1. The molecule has 0 aliphatic carbocycles. The van der Waals surface area contributed by atoms with Gasteiger partial charge < -0.3 is 20.1 Å². The number of benzene rings is 1. The molecule has 27 heavy (non-hydrogen) atoms. The van der Waals surface area contributed by atoms with Crippen molar-refractivity contribution < 1.29 is 14.6 Å². The van der Waals surface area contributed by atoms with Gasteiger partial charge >= 0.3 is 6.03 Å². The number of ether oxygens (including phenoxy) is 1. The molecule has 2 aromatic rings. The van der Waals surface area contributed by atoms with E-state index < -0.39 is 5.60 Å². The summed E-state index contributed by atoms with van der Waals surface area (Å²) in [6.45, 7) is 4.36. The Morgan fingerprint density at radius 3 is 2.74 bits per heavy atom. The summed E-state index contributed by atoms with van der Waals surface area (Å²) in [6, 6.07) is 7.65. The minimum Gasteiger partial charge on any atom is -0.496 e. The summed E-state index contributed by atoms with van der Waals surface area (Å²) in [4.78, 5) is 14.2. The van der Waals surface area contributed by atoms with Crippen LogP contribution in [0.15, 0.2) is 36.7 Å². The molecule has 2 N–H and O–H groups in total. The Labute approximate surface area is 159 Å². The molecular formula is C20H28N4O3. The van der Waals surface area contributed by atoms with Crippen LogP contribution in [0.3, 0.4) is 0 Å². The van der Waals surface area contributed by atoms with Crippen LogP contribution in [0.5, 0.6) is 5.75 Å². The van der Waals surface area contributed by atoms with Gasteiger partial charge in [-0.1, -0.05) is 18.2 Å². The van der Waals surface area contributed by atoms with Crippen molar-refractivity contribution in [2.45, 2.75) is 44.9 Å². The summed E-state index contributed by atoms with van der Waals surface area (Å²) >= 11 is 0. The van der Waals surface area contributed by atoms with Gasteiger partial charge in [0, 0.05) is 44.4 Å². The molecule has 0 saturated carbocycles. The van der Waals surface area contributed by atoms with Crippen molar-refractivity contribution in [3.05, 3.63) is 47.8 Å². The second kappa shape index (κ2) is 8.43. The molecule has 1 saturated heterocycles. The van der Waals surface area contributed by atoms with E-state index in [0.717, 1.165) is 23.4 Å². The number of likely N-dealkylation sites (tertiary alicyclic amines) is 1. The van der Waals surface area contributed by atoms with Crippen molar-refractivity contribution in [2.24, 2.45) is 0 Å². The van der Waals surface area contributed by atoms with Crippen molar-refractivity contribution in [1.82, 2.24) is 20.0 Å². The predicted molar refractivity (Wildman–Crippen MR) is 103 cm³/mol. The molecule has 1 aliphatic heterocycles. The van der Waals surface area contributed by atoms with Crippen LogP contribution in [0.2, 0.25) is 0 Å². The van der Waals surface area contributed by atoms with Crippen LogP contribution in [0, 0.1) is 0 Å². The van der Waals surface area contributed by atoms with Gasteiger partial charge in [0.1, 0.15) is 5.75 Å². The molecule has 1 aromatic carbocycles. The Morgan fingerprint density at radius 1 is 1.33 bits per heavy atom. The minimum absolute atomic E-state index is 0.0985. The molecule has 1 aromatic heterocycles. The Balaban J connectivity index is 1.50. The molecule has 2 amide bonds. The maximum atomic E-state index is 12.4. The van der Waals surface area contributed by atoms with Gasteiger partial charge in [0.15, 0.2) is 0 Å². The first-order chi connectivity index (χ1) is 13.0. The van der Waals surface area contributed by atoms with E-state index in [-0.39, 0.29) is 6.03 Å². The Bertz CT molecular complexity index is 766. The first-order valence-corrected chi connectivity index (χ1v) is 9.41. The highest BCUT2D eigenvalue weighted by Gasteiger charge is 2.34. The summed E-state index contributed by atoms with van der Waals surface area (Å²) in [7, 11) is 1.64. The lowest BCUT2D eigenvalue weighted by Gasteiger charge is -2.38. The first kappa shape index (κ1) is 19.2. The number of aliphatic hydroxyl groups is 1. The fourth-order valence-electron chi connectivity index (χ4n) is 3.47. The normalized spacial score (nSPS) is 16.2. The van der Waals surface area contributed by atoms with Gasteiger partial charge in [-0.15, -0.1) is 0 Å². The van der Waals surface area contributed by atoms with Gasteiger partial charge in [-0.05, 0) is 31.4 Å². The fraction of sp³-hybridized carbons (Fsp3) is 0.500. The number of methoxy groups -OCH3 is 1. The summed E-state index contributed by atoms with van der Waals surface area (Å²) in [5.41, 5.74) is 1.16. The average Bonchev–Trinajstić information content (AvgIpc) is 3.15. The van der Waals surface area contributed by atoms with E-state index in [1.54, 1.807) is 18.2 Å². The van der Waals surface area contributed by atoms with E-state index in [4.69, 9.17) is 4.74 Å². The lowest BCUT2D eigenvalue weighted by Crippen LogP contribution is -2.50. The van der Waals surface area contributed by atoms with Crippen LogP contribution in [0.1, 0.15) is 30.9 Å². The highest BCUT2D eigenvalue weighted by Crippen LogP contribution is 2.30. The number of urea groups is 1. The molecule has 3 rings (SSSR count). The van der Waals surface area contributed by atoms with E-state index >= 15 is 0 Å². The topological polar surface area (TPSA) is 79.6 Å². The zero-order valence-corrected chi connectivity index (χ0v) is 16.0. The number of hydrogen-bond donors (Lipinski definition) is 2. The maximum Gasteiger partial charge on any atom is 0.317 e. The van der Waals surface area contributed by atoms with Gasteiger partial charge in [-0.25, -0.2) is 4.79 Å². The van der Waals surface area contributed by atoms with Crippen LogP contribution in [-0.4, -0.2) is 51.6 Å². The molecule has 0 unspecified atom stereocenters. The monoisotopic (exact) mass is 372 g/mol. The molecule has 7 heteroatoms. The number of nitrogens with one attached hydrogen (secondary N) is 1. The van der Waals surface area contributed by atoms with Gasteiger partial charge in [0.2, 0.25) is 0 Å². The van der Waals surface area contributed by atoms with Gasteiger partial charge in [-0.2, -0.15) is 5.10 Å². The second-order valence-corrected chi connectivity index (χ2v) is 7.06. The van der Waals surface area contributed by atoms with Crippen LogP contribution < -0.4 is 10.1 Å². The Hall–Kier alpha value is -2.54. The first-order valence-electron chi connectivity index (χ1n) is 9.41. The lowest BCUT2D eigenvalue weighted by molar-refractivity contribution is -0.0120. The van der Waals surface area contributed by atoms with E-state index in [9.17, 15) is 9.90 Å². The number of piperidine rings is 1. The van der Waals surface area contributed by atoms with E-state index in [0.29, 0.717) is 38.9 Å². The van der Waals surface area contributed by atoms with E-state index in [2.05, 4.69) is 10.4 Å². The van der Waals surface area contributed by atoms with Crippen molar-refractivity contribution >= 4 is 6.03 Å². The zero-order valence-electron chi connectivity index (χ0n) is 16.0. The summed E-state index contributed by atoms with van der Waals surface area (Å²) in [6.07, 6.45) is 5.33. The number of nitrogens with zero attached hydrogens (tertiary/aromatic N) is 3. The third kappa shape index (κ3) is 4.80. The van der Waals surface area contributed by atoms with Crippen LogP contribution in [0.25, 0.3) is 0 Å². The van der Waals surface area contributed by atoms with E-state index in [1.807, 2.05) is 42.1 Å². The number of carbonyl (C=O) groups is 1. The molecule has 0 spiro atoms. The van der Waals surface area contributed by atoms with Crippen molar-refractivity contribution in [3.8, 4) is 5.75 Å². The number of aromatic nitrogens is 2. The quantitative estimate of drug-likeness (QED) is 0.815. The fourth-order valence-corrected chi connectivity index (χ4v) is 3.47. The Morgan fingerprint density at radius 2 is 2.07 bits per heavy atom. The maximum absolute atomic E-state index is 12.4. The molecule has 0 radical (unpaired) electrons. The molecule has 7 nitrogen and oxygen atoms in total. The predicted octanol–water partition coefficient (Wildman–Crippen LogP) is 2.19. The van der Waals surface area contributed by atoms with Crippen molar-refractivity contribution in [3.63, 3.8) is 0 Å². The number of carbonyl (C=O) groups excluding carboxylic acids is 1.